The smallest absolute Gasteiger partial charge is 0.213 e. The van der Waals surface area contributed by atoms with Gasteiger partial charge in [-0.3, -0.25) is 19.2 Å². The van der Waals surface area contributed by atoms with Crippen LogP contribution in [0.2, 0.25) is 0 Å². The van der Waals surface area contributed by atoms with Gasteiger partial charge in [0.15, 0.2) is 35.0 Å². The van der Waals surface area contributed by atoms with Crippen molar-refractivity contribution in [3.05, 3.63) is 0 Å². The monoisotopic (exact) mass is 362 g/mol. The maximum Gasteiger partial charge on any atom is 0.213 e. The van der Waals surface area contributed by atoms with Crippen molar-refractivity contribution in [3.8, 4) is 0 Å². The number of ether oxygens (including phenoxy) is 2. The van der Waals surface area contributed by atoms with E-state index in [1.54, 1.807) is 0 Å². The fraction of sp³-hybridized carbons (Fsp3) is 0.733. The largest absolute Gasteiger partial charge is 0.382 e. The molecule has 10 nitrogen and oxygen atoms in total. The molecule has 0 bridgehead atoms. The molecule has 4 N–H and O–H groups in total. The number of carbonyl (C=O) groups excluding carboxylic acids is 4. The van der Waals surface area contributed by atoms with Crippen LogP contribution in [0.5, 0.6) is 0 Å². The van der Waals surface area contributed by atoms with Crippen LogP contribution in [-0.4, -0.2) is 86.0 Å². The van der Waals surface area contributed by atoms with E-state index < -0.39 is 58.4 Å². The minimum Gasteiger partial charge on any atom is -0.382 e. The first kappa shape index (κ1) is 21.5. The van der Waals surface area contributed by atoms with Gasteiger partial charge >= 0.3 is 0 Å². The molecule has 0 aromatic carbocycles. The standard InChI is InChI=1S/C15H22O10/c1-6(16)10(20)11-13(21,7(2)17)15(23,9(4)19)14(22,8(3)18)12(24-5)25-11/h10-12,20-23H,1-5H3/t10?,11-,12+,13-,14+,15+/m1/s1. The number of aliphatic hydroxyl groups is 4. The predicted octanol–water partition coefficient (Wildman–Crippen LogP) is -2.73. The van der Waals surface area contributed by atoms with Gasteiger partial charge in [0.25, 0.3) is 0 Å². The Kier molecular flexibility index (Phi) is 5.70. The van der Waals surface area contributed by atoms with E-state index in [9.17, 15) is 39.6 Å². The first-order chi connectivity index (χ1) is 11.2. The second-order valence-corrected chi connectivity index (χ2v) is 6.09. The molecule has 1 heterocycles. The molecule has 10 heteroatoms. The average molecular weight is 362 g/mol. The summed E-state index contributed by atoms with van der Waals surface area (Å²) in [6.45, 7) is 3.16. The first-order valence-corrected chi connectivity index (χ1v) is 7.31. The Morgan fingerprint density at radius 3 is 1.64 bits per heavy atom. The Hall–Kier alpha value is -1.56. The second kappa shape index (κ2) is 6.63. The molecule has 0 aromatic rings. The van der Waals surface area contributed by atoms with Gasteiger partial charge in [0.1, 0.15) is 12.2 Å². The van der Waals surface area contributed by atoms with E-state index >= 15 is 0 Å². The Morgan fingerprint density at radius 2 is 1.36 bits per heavy atom. The summed E-state index contributed by atoms with van der Waals surface area (Å²) < 4.78 is 9.91. The SMILES string of the molecule is CO[C@H]1O[C@H](C(O)C(C)=O)[C@](O)(C(C)=O)[C@@](O)(C(C)=O)[C@]1(O)C(C)=O. The van der Waals surface area contributed by atoms with Gasteiger partial charge < -0.3 is 29.9 Å². The van der Waals surface area contributed by atoms with Gasteiger partial charge in [-0.15, -0.1) is 0 Å². The summed E-state index contributed by atoms with van der Waals surface area (Å²) in [4.78, 5) is 48.0. The molecule has 1 saturated heterocycles. The summed E-state index contributed by atoms with van der Waals surface area (Å²) in [5, 5.41) is 42.7. The maximum absolute atomic E-state index is 12.2. The summed E-state index contributed by atoms with van der Waals surface area (Å²) in [7, 11) is 0.953. The fourth-order valence-electron chi connectivity index (χ4n) is 3.15. The number of Topliss-reactive ketones (excluding diaryl/α,β-unsaturated/α-hetero) is 4. The highest BCUT2D eigenvalue weighted by Gasteiger charge is 2.79. The van der Waals surface area contributed by atoms with E-state index in [1.165, 1.54) is 0 Å². The maximum atomic E-state index is 12.2. The van der Waals surface area contributed by atoms with E-state index in [0.717, 1.165) is 34.8 Å². The molecule has 6 atom stereocenters. The Labute approximate surface area is 143 Å². The molecule has 1 aliphatic heterocycles. The highest BCUT2D eigenvalue weighted by Crippen LogP contribution is 2.47. The molecule has 0 spiro atoms. The van der Waals surface area contributed by atoms with Crippen molar-refractivity contribution in [2.75, 3.05) is 7.11 Å². The Balaban J connectivity index is 3.91. The lowest BCUT2D eigenvalue weighted by Crippen LogP contribution is -2.87. The number of hydrogen-bond donors (Lipinski definition) is 4. The van der Waals surface area contributed by atoms with E-state index in [-0.39, 0.29) is 0 Å². The highest BCUT2D eigenvalue weighted by molar-refractivity contribution is 6.05. The van der Waals surface area contributed by atoms with Crippen LogP contribution in [0, 0.1) is 0 Å². The lowest BCUT2D eigenvalue weighted by atomic mass is 9.60. The molecule has 0 radical (unpaired) electrons. The molecule has 25 heavy (non-hydrogen) atoms. The van der Waals surface area contributed by atoms with Gasteiger partial charge in [0, 0.05) is 7.11 Å². The molecule has 0 saturated carbocycles. The van der Waals surface area contributed by atoms with Crippen molar-refractivity contribution >= 4 is 23.1 Å². The van der Waals surface area contributed by atoms with E-state index in [2.05, 4.69) is 0 Å². The minimum atomic E-state index is -3.45. The van der Waals surface area contributed by atoms with Crippen LogP contribution in [0.25, 0.3) is 0 Å². The van der Waals surface area contributed by atoms with Crippen molar-refractivity contribution < 1.29 is 49.1 Å². The predicted molar refractivity (Wildman–Crippen MR) is 79.3 cm³/mol. The molecule has 1 rings (SSSR count). The number of carbonyl (C=O) groups is 4. The van der Waals surface area contributed by atoms with Gasteiger partial charge in [0.2, 0.25) is 11.2 Å². The molecular formula is C15H22O10. The quantitative estimate of drug-likeness (QED) is 0.389. The summed E-state index contributed by atoms with van der Waals surface area (Å²) >= 11 is 0. The molecule has 0 aliphatic carbocycles. The molecule has 0 aromatic heterocycles. The van der Waals surface area contributed by atoms with Gasteiger partial charge in [-0.25, -0.2) is 0 Å². The lowest BCUT2D eigenvalue weighted by Gasteiger charge is -2.57. The summed E-state index contributed by atoms with van der Waals surface area (Å²) in [5.74, 6) is -4.88. The summed E-state index contributed by atoms with van der Waals surface area (Å²) in [5.41, 5.74) is -9.93. The van der Waals surface area contributed by atoms with Crippen LogP contribution in [-0.2, 0) is 28.7 Å². The van der Waals surface area contributed by atoms with Gasteiger partial charge in [-0.2, -0.15) is 0 Å². The van der Waals surface area contributed by atoms with Gasteiger partial charge in [0.05, 0.1) is 0 Å². The normalized spacial score (nSPS) is 39.6. The Bertz CT molecular complexity index is 615. The molecule has 1 aliphatic rings. The van der Waals surface area contributed by atoms with Crippen LogP contribution in [0.4, 0.5) is 0 Å². The van der Waals surface area contributed by atoms with Crippen LogP contribution in [0.3, 0.4) is 0 Å². The third kappa shape index (κ3) is 2.57. The van der Waals surface area contributed by atoms with Crippen molar-refractivity contribution in [2.24, 2.45) is 0 Å². The number of rotatable bonds is 6. The Morgan fingerprint density at radius 1 is 0.920 bits per heavy atom. The number of ketones is 4. The van der Waals surface area contributed by atoms with E-state index in [0.29, 0.717) is 0 Å². The van der Waals surface area contributed by atoms with Crippen molar-refractivity contribution in [3.63, 3.8) is 0 Å². The molecule has 142 valence electrons. The van der Waals surface area contributed by atoms with Crippen molar-refractivity contribution in [1.29, 1.82) is 0 Å². The fourth-order valence-corrected chi connectivity index (χ4v) is 3.15. The van der Waals surface area contributed by atoms with Gasteiger partial charge in [-0.1, -0.05) is 0 Å². The third-order valence-corrected chi connectivity index (χ3v) is 4.63. The molecule has 1 unspecified atom stereocenters. The van der Waals surface area contributed by atoms with Crippen molar-refractivity contribution in [1.82, 2.24) is 0 Å². The van der Waals surface area contributed by atoms with E-state index in [1.807, 2.05) is 0 Å². The number of hydrogen-bond acceptors (Lipinski definition) is 10. The molecular weight excluding hydrogens is 340 g/mol. The van der Waals surface area contributed by atoms with Crippen LogP contribution in [0.15, 0.2) is 0 Å². The summed E-state index contributed by atoms with van der Waals surface area (Å²) in [6, 6.07) is 0. The lowest BCUT2D eigenvalue weighted by molar-refractivity contribution is -0.368. The minimum absolute atomic E-state index is 0.719. The number of methoxy groups -OCH3 is 1. The molecule has 0 amide bonds. The average Bonchev–Trinajstić information content (AvgIpc) is 2.51. The van der Waals surface area contributed by atoms with Crippen LogP contribution in [0.1, 0.15) is 27.7 Å². The zero-order valence-corrected chi connectivity index (χ0v) is 14.5. The van der Waals surface area contributed by atoms with Crippen molar-refractivity contribution in [2.45, 2.75) is 63.0 Å². The second-order valence-electron chi connectivity index (χ2n) is 6.09. The first-order valence-electron chi connectivity index (χ1n) is 7.31. The van der Waals surface area contributed by atoms with Crippen LogP contribution < -0.4 is 0 Å². The third-order valence-electron chi connectivity index (χ3n) is 4.63. The summed E-state index contributed by atoms with van der Waals surface area (Å²) in [6.07, 6.45) is -6.40. The zero-order valence-electron chi connectivity index (χ0n) is 14.5. The van der Waals surface area contributed by atoms with Gasteiger partial charge in [-0.05, 0) is 27.7 Å². The topological polar surface area (TPSA) is 168 Å². The zero-order chi connectivity index (χ0) is 20.0. The van der Waals surface area contributed by atoms with Crippen LogP contribution >= 0.6 is 0 Å². The highest BCUT2D eigenvalue weighted by atomic mass is 16.7. The van der Waals surface area contributed by atoms with E-state index in [4.69, 9.17) is 9.47 Å². The molecule has 1 fully saturated rings. The number of aliphatic hydroxyl groups excluding tert-OH is 1.